The normalized spacial score (nSPS) is 11.5. The Morgan fingerprint density at radius 3 is 2.40 bits per heavy atom. The highest BCUT2D eigenvalue weighted by atomic mass is 19.3. The molecule has 0 spiro atoms. The zero-order valence-corrected chi connectivity index (χ0v) is 8.92. The number of carbonyl (C=O) groups excluding carboxylic acids is 1. The monoisotopic (exact) mass is 226 g/mol. The summed E-state index contributed by atoms with van der Waals surface area (Å²) in [6.07, 6.45) is -3.08. The van der Waals surface area contributed by atoms with Crippen molar-refractivity contribution in [3.8, 4) is 0 Å². The molecule has 0 amide bonds. The molecule has 0 aliphatic carbocycles. The lowest BCUT2D eigenvalue weighted by Crippen LogP contribution is -2.35. The molecule has 0 N–H and O–H groups in total. The summed E-state index contributed by atoms with van der Waals surface area (Å²) < 4.78 is 38.6. The number of rotatable bonds is 8. The molecule has 0 heterocycles. The number of esters is 1. The number of ether oxygens (including phenoxy) is 3. The second kappa shape index (κ2) is 7.53. The van der Waals surface area contributed by atoms with E-state index in [2.05, 4.69) is 9.47 Å². The fourth-order valence-corrected chi connectivity index (χ4v) is 0.749. The van der Waals surface area contributed by atoms with Crippen molar-refractivity contribution in [2.24, 2.45) is 0 Å². The Bertz CT molecular complexity index is 185. The Balaban J connectivity index is 3.68. The van der Waals surface area contributed by atoms with Gasteiger partial charge < -0.3 is 14.2 Å². The van der Waals surface area contributed by atoms with E-state index < -0.39 is 12.1 Å². The van der Waals surface area contributed by atoms with Crippen LogP contribution in [0.3, 0.4) is 0 Å². The lowest BCUT2D eigenvalue weighted by Gasteiger charge is -2.14. The van der Waals surface area contributed by atoms with E-state index in [9.17, 15) is 13.6 Å². The third kappa shape index (κ3) is 6.35. The molecule has 0 bridgehead atoms. The largest absolute Gasteiger partial charge is 0.460 e. The quantitative estimate of drug-likeness (QED) is 0.465. The van der Waals surface area contributed by atoms with E-state index >= 15 is 0 Å². The standard InChI is InChI=1S/C9H16F2O4/c1-3-5-13-6-7-15-9(10,11)8(12)14-4-2/h3-7H2,1-2H3. The van der Waals surface area contributed by atoms with Crippen LogP contribution in [-0.2, 0) is 19.0 Å². The fourth-order valence-electron chi connectivity index (χ4n) is 0.749. The molecule has 90 valence electrons. The third-order valence-electron chi connectivity index (χ3n) is 1.37. The molecule has 6 heteroatoms. The topological polar surface area (TPSA) is 44.8 Å². The lowest BCUT2D eigenvalue weighted by atomic mass is 10.5. The SMILES string of the molecule is CCCOCCOC(F)(F)C(=O)OCC. The number of halogens is 2. The summed E-state index contributed by atoms with van der Waals surface area (Å²) >= 11 is 0. The molecular formula is C9H16F2O4. The van der Waals surface area contributed by atoms with Crippen molar-refractivity contribution in [2.75, 3.05) is 26.4 Å². The molecule has 0 unspecified atom stereocenters. The first kappa shape index (κ1) is 14.2. The van der Waals surface area contributed by atoms with E-state index in [1.807, 2.05) is 6.92 Å². The zero-order valence-electron chi connectivity index (χ0n) is 8.92. The van der Waals surface area contributed by atoms with Gasteiger partial charge in [0.2, 0.25) is 0 Å². The van der Waals surface area contributed by atoms with Gasteiger partial charge in [0.25, 0.3) is 0 Å². The first-order valence-corrected chi connectivity index (χ1v) is 4.81. The van der Waals surface area contributed by atoms with Gasteiger partial charge in [0, 0.05) is 6.61 Å². The molecule has 0 saturated carbocycles. The zero-order chi connectivity index (χ0) is 11.7. The fraction of sp³-hybridized carbons (Fsp3) is 0.889. The van der Waals surface area contributed by atoms with Crippen LogP contribution in [0.25, 0.3) is 0 Å². The van der Waals surface area contributed by atoms with Crippen LogP contribution in [0, 0.1) is 0 Å². The van der Waals surface area contributed by atoms with Crippen LogP contribution in [0.15, 0.2) is 0 Å². The minimum Gasteiger partial charge on any atom is -0.460 e. The average Bonchev–Trinajstić information content (AvgIpc) is 2.18. The van der Waals surface area contributed by atoms with Gasteiger partial charge in [-0.15, -0.1) is 0 Å². The average molecular weight is 226 g/mol. The Morgan fingerprint density at radius 2 is 1.87 bits per heavy atom. The Morgan fingerprint density at radius 1 is 1.20 bits per heavy atom. The predicted molar refractivity (Wildman–Crippen MR) is 48.6 cm³/mol. The van der Waals surface area contributed by atoms with E-state index in [0.29, 0.717) is 6.61 Å². The van der Waals surface area contributed by atoms with Crippen LogP contribution >= 0.6 is 0 Å². The summed E-state index contributed by atoms with van der Waals surface area (Å²) in [5.41, 5.74) is 0. The number of hydrogen-bond donors (Lipinski definition) is 0. The Labute approximate surface area is 87.5 Å². The van der Waals surface area contributed by atoms with Crippen molar-refractivity contribution < 1.29 is 27.8 Å². The first-order valence-electron chi connectivity index (χ1n) is 4.81. The molecule has 4 nitrogen and oxygen atoms in total. The van der Waals surface area contributed by atoms with Crippen LogP contribution in [-0.4, -0.2) is 38.5 Å². The summed E-state index contributed by atoms with van der Waals surface area (Å²) in [7, 11) is 0. The van der Waals surface area contributed by atoms with E-state index in [0.717, 1.165) is 6.42 Å². The van der Waals surface area contributed by atoms with Crippen LogP contribution in [0.5, 0.6) is 0 Å². The van der Waals surface area contributed by atoms with Crippen molar-refractivity contribution in [2.45, 2.75) is 26.4 Å². The summed E-state index contributed by atoms with van der Waals surface area (Å²) in [4.78, 5) is 10.6. The highest BCUT2D eigenvalue weighted by molar-refractivity contribution is 5.75. The maximum Gasteiger partial charge on any atom is 0.456 e. The molecule has 0 rings (SSSR count). The van der Waals surface area contributed by atoms with Gasteiger partial charge in [0.05, 0.1) is 19.8 Å². The highest BCUT2D eigenvalue weighted by Gasteiger charge is 2.42. The first-order chi connectivity index (χ1) is 7.04. The smallest absolute Gasteiger partial charge is 0.456 e. The second-order valence-electron chi connectivity index (χ2n) is 2.70. The van der Waals surface area contributed by atoms with Crippen molar-refractivity contribution in [3.63, 3.8) is 0 Å². The molecule has 0 aliphatic rings. The second-order valence-corrected chi connectivity index (χ2v) is 2.70. The highest BCUT2D eigenvalue weighted by Crippen LogP contribution is 2.16. The summed E-state index contributed by atoms with van der Waals surface area (Å²) in [5, 5.41) is 0. The van der Waals surface area contributed by atoms with Gasteiger partial charge in [0.1, 0.15) is 0 Å². The maximum atomic E-state index is 12.8. The molecule has 0 radical (unpaired) electrons. The number of hydrogen-bond acceptors (Lipinski definition) is 4. The van der Waals surface area contributed by atoms with Crippen molar-refractivity contribution in [1.29, 1.82) is 0 Å². The molecule has 0 aromatic heterocycles. The van der Waals surface area contributed by atoms with Crippen molar-refractivity contribution in [1.82, 2.24) is 0 Å². The van der Waals surface area contributed by atoms with Crippen molar-refractivity contribution >= 4 is 5.97 Å². The van der Waals surface area contributed by atoms with Crippen LogP contribution in [0.4, 0.5) is 8.78 Å². The van der Waals surface area contributed by atoms with Gasteiger partial charge in [-0.2, -0.15) is 8.78 Å². The minimum atomic E-state index is -3.88. The molecule has 0 atom stereocenters. The molecule has 0 saturated heterocycles. The lowest BCUT2D eigenvalue weighted by molar-refractivity contribution is -0.252. The van der Waals surface area contributed by atoms with Crippen LogP contribution in [0.1, 0.15) is 20.3 Å². The molecular weight excluding hydrogens is 210 g/mol. The van der Waals surface area contributed by atoms with E-state index in [4.69, 9.17) is 4.74 Å². The molecule has 0 aromatic carbocycles. The van der Waals surface area contributed by atoms with Crippen LogP contribution < -0.4 is 0 Å². The van der Waals surface area contributed by atoms with E-state index in [1.54, 1.807) is 0 Å². The third-order valence-corrected chi connectivity index (χ3v) is 1.37. The Hall–Kier alpha value is -0.750. The molecule has 15 heavy (non-hydrogen) atoms. The van der Waals surface area contributed by atoms with Gasteiger partial charge >= 0.3 is 12.1 Å². The van der Waals surface area contributed by atoms with Gasteiger partial charge in [-0.25, -0.2) is 4.79 Å². The van der Waals surface area contributed by atoms with E-state index in [-0.39, 0.29) is 19.8 Å². The Kier molecular flexibility index (Phi) is 7.15. The summed E-state index contributed by atoms with van der Waals surface area (Å²) in [5.74, 6) is -1.67. The van der Waals surface area contributed by atoms with Gasteiger partial charge in [0.15, 0.2) is 0 Å². The number of carbonyl (C=O) groups is 1. The van der Waals surface area contributed by atoms with Gasteiger partial charge in [-0.3, -0.25) is 0 Å². The van der Waals surface area contributed by atoms with Gasteiger partial charge in [-0.05, 0) is 13.3 Å². The van der Waals surface area contributed by atoms with Crippen LogP contribution in [0.2, 0.25) is 0 Å². The summed E-state index contributed by atoms with van der Waals surface area (Å²) in [6.45, 7) is 3.40. The van der Waals surface area contributed by atoms with Crippen molar-refractivity contribution in [3.05, 3.63) is 0 Å². The van der Waals surface area contributed by atoms with E-state index in [1.165, 1.54) is 6.92 Å². The maximum absolute atomic E-state index is 12.8. The molecule has 0 fully saturated rings. The van der Waals surface area contributed by atoms with Gasteiger partial charge in [-0.1, -0.05) is 6.92 Å². The molecule has 0 aromatic rings. The predicted octanol–water partition coefficient (Wildman–Crippen LogP) is 1.59. The summed E-state index contributed by atoms with van der Waals surface area (Å²) in [6, 6.07) is 0. The number of alkyl halides is 2. The minimum absolute atomic E-state index is 0.0306. The molecule has 0 aliphatic heterocycles.